The van der Waals surface area contributed by atoms with E-state index in [9.17, 15) is 0 Å². The van der Waals surface area contributed by atoms with E-state index in [-0.39, 0.29) is 0 Å². The molecule has 0 amide bonds. The van der Waals surface area contributed by atoms with Gasteiger partial charge in [0.1, 0.15) is 5.82 Å². The Hall–Kier alpha value is -0.920. The van der Waals surface area contributed by atoms with Crippen molar-refractivity contribution in [2.24, 2.45) is 0 Å². The smallest absolute Gasteiger partial charge is 0.335 e. The van der Waals surface area contributed by atoms with Crippen molar-refractivity contribution in [3.63, 3.8) is 0 Å². The van der Waals surface area contributed by atoms with Crippen molar-refractivity contribution in [1.29, 1.82) is 0 Å². The van der Waals surface area contributed by atoms with E-state index in [0.717, 1.165) is 12.4 Å². The molecule has 1 rings (SSSR count). The second-order valence-electron chi connectivity index (χ2n) is 3.68. The third-order valence-electron chi connectivity index (χ3n) is 2.18. The van der Waals surface area contributed by atoms with Crippen LogP contribution in [0.5, 0.6) is 0 Å². The van der Waals surface area contributed by atoms with Crippen molar-refractivity contribution in [2.45, 2.75) is 46.1 Å². The number of rotatable bonds is 5. The predicted octanol–water partition coefficient (Wildman–Crippen LogP) is 2.12. The molecule has 0 saturated carbocycles. The number of nitrogens with zero attached hydrogens (tertiary/aromatic N) is 2. The first kappa shape index (κ1) is 16.1. The van der Waals surface area contributed by atoms with Crippen LogP contribution in [0.4, 0.5) is 0 Å². The van der Waals surface area contributed by atoms with Crippen LogP contribution in [0.25, 0.3) is 0 Å². The van der Waals surface area contributed by atoms with Crippen LogP contribution in [-0.2, 0) is 16.9 Å². The van der Waals surface area contributed by atoms with Gasteiger partial charge in [0.2, 0.25) is 0 Å². The Morgan fingerprint density at radius 3 is 2.29 bits per heavy atom. The molecule has 0 atom stereocenters. The number of aryl methyl sites for hydroxylation is 2. The van der Waals surface area contributed by atoms with Crippen LogP contribution < -0.4 is 0 Å². The van der Waals surface area contributed by atoms with E-state index in [2.05, 4.69) is 29.6 Å². The summed E-state index contributed by atoms with van der Waals surface area (Å²) in [6, 6.07) is 0. The van der Waals surface area contributed by atoms with Crippen LogP contribution in [0.3, 0.4) is 0 Å². The summed E-state index contributed by atoms with van der Waals surface area (Å²) in [6.45, 7) is 5.42. The topological polar surface area (TPSA) is 92.4 Å². The molecule has 17 heavy (non-hydrogen) atoms. The van der Waals surface area contributed by atoms with Gasteiger partial charge >= 0.3 is 10.4 Å². The van der Waals surface area contributed by atoms with Crippen LogP contribution in [0.15, 0.2) is 12.4 Å². The number of hydrogen-bond acceptors (Lipinski definition) is 3. The Bertz CT molecular complexity index is 392. The zero-order valence-electron chi connectivity index (χ0n) is 10.2. The van der Waals surface area contributed by atoms with E-state index in [0.29, 0.717) is 0 Å². The Balaban J connectivity index is 0.000000437. The lowest BCUT2D eigenvalue weighted by molar-refractivity contribution is 0.381. The first-order chi connectivity index (χ1) is 7.84. The monoisotopic (exact) mass is 264 g/mol. The molecule has 0 saturated heterocycles. The number of aromatic nitrogens is 2. The van der Waals surface area contributed by atoms with Gasteiger partial charge in [0, 0.05) is 18.9 Å². The summed E-state index contributed by atoms with van der Waals surface area (Å²) >= 11 is 0. The molecule has 0 aromatic carbocycles. The standard InChI is InChI=1S/C10H18N2.H2O4S/c1-3-4-5-6-8-12-9-7-11-10(12)2;1-5(2,3)4/h7,9H,3-6,8H2,1-2H3;(H2,1,2,3,4). The van der Waals surface area contributed by atoms with Gasteiger partial charge in [-0.2, -0.15) is 8.42 Å². The summed E-state index contributed by atoms with van der Waals surface area (Å²) < 4.78 is 33.8. The van der Waals surface area contributed by atoms with E-state index in [4.69, 9.17) is 17.5 Å². The summed E-state index contributed by atoms with van der Waals surface area (Å²) in [5.74, 6) is 1.13. The third-order valence-corrected chi connectivity index (χ3v) is 2.18. The first-order valence-corrected chi connectivity index (χ1v) is 6.92. The molecule has 0 aliphatic rings. The average molecular weight is 264 g/mol. The lowest BCUT2D eigenvalue weighted by Gasteiger charge is -2.03. The molecule has 1 aromatic heterocycles. The van der Waals surface area contributed by atoms with Crippen molar-refractivity contribution in [3.8, 4) is 0 Å². The quantitative estimate of drug-likeness (QED) is 0.627. The number of imidazole rings is 1. The normalized spacial score (nSPS) is 10.8. The summed E-state index contributed by atoms with van der Waals surface area (Å²) in [5, 5.41) is 0. The van der Waals surface area contributed by atoms with Gasteiger partial charge in [-0.1, -0.05) is 26.2 Å². The molecule has 1 heterocycles. The van der Waals surface area contributed by atoms with E-state index in [1.165, 1.54) is 25.7 Å². The molecule has 0 fully saturated rings. The molecule has 0 radical (unpaired) electrons. The van der Waals surface area contributed by atoms with Gasteiger partial charge < -0.3 is 4.57 Å². The van der Waals surface area contributed by atoms with Crippen molar-refractivity contribution >= 4 is 10.4 Å². The lowest BCUT2D eigenvalue weighted by atomic mass is 10.2. The van der Waals surface area contributed by atoms with Gasteiger partial charge in [-0.15, -0.1) is 0 Å². The predicted molar refractivity (Wildman–Crippen MR) is 65.3 cm³/mol. The Labute approximate surface area is 102 Å². The zero-order chi connectivity index (χ0) is 13.3. The maximum Gasteiger partial charge on any atom is 0.394 e. The van der Waals surface area contributed by atoms with Crippen LogP contribution in [0.2, 0.25) is 0 Å². The average Bonchev–Trinajstić information content (AvgIpc) is 2.57. The van der Waals surface area contributed by atoms with Crippen molar-refractivity contribution in [2.75, 3.05) is 0 Å². The summed E-state index contributed by atoms with van der Waals surface area (Å²) in [4.78, 5) is 4.18. The molecule has 0 aliphatic heterocycles. The van der Waals surface area contributed by atoms with E-state index in [1.54, 1.807) is 0 Å². The van der Waals surface area contributed by atoms with Gasteiger partial charge in [-0.3, -0.25) is 9.11 Å². The molecule has 2 N–H and O–H groups in total. The number of hydrogen-bond donors (Lipinski definition) is 2. The second kappa shape index (κ2) is 8.21. The fraction of sp³-hybridized carbons (Fsp3) is 0.700. The fourth-order valence-electron chi connectivity index (χ4n) is 1.35. The summed E-state index contributed by atoms with van der Waals surface area (Å²) in [6.07, 6.45) is 9.21. The van der Waals surface area contributed by atoms with Crippen LogP contribution in [0.1, 0.15) is 38.4 Å². The third kappa shape index (κ3) is 11.3. The molecule has 0 unspecified atom stereocenters. The van der Waals surface area contributed by atoms with Gasteiger partial charge in [0.25, 0.3) is 0 Å². The minimum Gasteiger partial charge on any atom is -0.335 e. The van der Waals surface area contributed by atoms with Gasteiger partial charge in [0.15, 0.2) is 0 Å². The molecule has 0 bridgehead atoms. The first-order valence-electron chi connectivity index (χ1n) is 5.52. The highest BCUT2D eigenvalue weighted by molar-refractivity contribution is 7.79. The largest absolute Gasteiger partial charge is 0.394 e. The van der Waals surface area contributed by atoms with Crippen LogP contribution >= 0.6 is 0 Å². The highest BCUT2D eigenvalue weighted by Crippen LogP contribution is 2.03. The molecule has 6 nitrogen and oxygen atoms in total. The zero-order valence-corrected chi connectivity index (χ0v) is 11.0. The molecule has 100 valence electrons. The molecule has 0 aliphatic carbocycles. The fourth-order valence-corrected chi connectivity index (χ4v) is 1.35. The minimum absolute atomic E-state index is 1.13. The summed E-state index contributed by atoms with van der Waals surface area (Å²) in [5.41, 5.74) is 0. The van der Waals surface area contributed by atoms with Crippen molar-refractivity contribution in [3.05, 3.63) is 18.2 Å². The van der Waals surface area contributed by atoms with Gasteiger partial charge in [-0.05, 0) is 13.3 Å². The van der Waals surface area contributed by atoms with E-state index >= 15 is 0 Å². The van der Waals surface area contributed by atoms with Gasteiger partial charge in [-0.25, -0.2) is 4.98 Å². The molecule has 1 aromatic rings. The van der Waals surface area contributed by atoms with Crippen molar-refractivity contribution in [1.82, 2.24) is 9.55 Å². The minimum atomic E-state index is -4.67. The maximum absolute atomic E-state index is 8.74. The highest BCUT2D eigenvalue weighted by atomic mass is 32.3. The van der Waals surface area contributed by atoms with Crippen LogP contribution in [-0.4, -0.2) is 27.1 Å². The number of unbranched alkanes of at least 4 members (excludes halogenated alkanes) is 3. The summed E-state index contributed by atoms with van der Waals surface area (Å²) in [7, 11) is -4.67. The van der Waals surface area contributed by atoms with Crippen molar-refractivity contribution < 1.29 is 17.5 Å². The highest BCUT2D eigenvalue weighted by Gasteiger charge is 1.94. The molecule has 7 heteroatoms. The van der Waals surface area contributed by atoms with E-state index in [1.807, 2.05) is 6.20 Å². The SMILES string of the molecule is CCCCCCn1ccnc1C.O=S(=O)(O)O. The maximum atomic E-state index is 8.74. The Morgan fingerprint density at radius 2 is 1.88 bits per heavy atom. The second-order valence-corrected chi connectivity index (χ2v) is 4.57. The molecular weight excluding hydrogens is 244 g/mol. The Kier molecular flexibility index (Phi) is 7.77. The molecule has 0 spiro atoms. The lowest BCUT2D eigenvalue weighted by Crippen LogP contribution is -1.98. The molecular formula is C10H20N2O4S. The van der Waals surface area contributed by atoms with E-state index < -0.39 is 10.4 Å². The van der Waals surface area contributed by atoms with Gasteiger partial charge in [0.05, 0.1) is 0 Å². The van der Waals surface area contributed by atoms with Crippen LogP contribution in [0, 0.1) is 6.92 Å². The Morgan fingerprint density at radius 1 is 1.29 bits per heavy atom.